The number of nitrogens with zero attached hydrogens (tertiary/aromatic N) is 8. The molecule has 0 unspecified atom stereocenters. The minimum Gasteiger partial charge on any atom is -0.368 e. The highest BCUT2D eigenvalue weighted by Crippen LogP contribution is 2.35. The van der Waals surface area contributed by atoms with Gasteiger partial charge >= 0.3 is 0 Å². The standard InChI is InChI=1S/C17H18N6O.C5H4N4.C3H6/c18-8-12-9-23(10-12)17-15-7-13(19-11-24)3-4-14(15)16(20-21-17)22-5-1-2-6-22;6-1-4-2-8-5(7)9-3-4;1-3-2/h3-4,7,11-12H,1-2,5-6,9-10H2,(H,19,24);2-3H,(H2,7,8,9);3H,1H2,2H3. The van der Waals surface area contributed by atoms with Crippen LogP contribution in [-0.2, 0) is 4.79 Å². The molecule has 0 spiro atoms. The van der Waals surface area contributed by atoms with Gasteiger partial charge in [-0.25, -0.2) is 9.97 Å². The van der Waals surface area contributed by atoms with Gasteiger partial charge in [0.25, 0.3) is 0 Å². The minimum atomic E-state index is 0.0522. The molecular weight excluding hydrogens is 456 g/mol. The Balaban J connectivity index is 0.000000251. The summed E-state index contributed by atoms with van der Waals surface area (Å²) in [6.45, 7) is 8.60. The summed E-state index contributed by atoms with van der Waals surface area (Å²) >= 11 is 0. The van der Waals surface area contributed by atoms with Gasteiger partial charge in [0.2, 0.25) is 12.4 Å². The van der Waals surface area contributed by atoms with Gasteiger partial charge in [-0.05, 0) is 38.0 Å². The fraction of sp³-hybridized carbons (Fsp3) is 0.320. The van der Waals surface area contributed by atoms with Crippen LogP contribution < -0.4 is 20.9 Å². The molecule has 3 N–H and O–H groups in total. The number of anilines is 4. The number of amides is 1. The molecule has 2 saturated heterocycles. The largest absolute Gasteiger partial charge is 0.368 e. The average Bonchev–Trinajstić information content (AvgIpc) is 3.40. The maximum absolute atomic E-state index is 10.8. The highest BCUT2D eigenvalue weighted by atomic mass is 16.1. The Bertz CT molecular complexity index is 1270. The Hall–Kier alpha value is -4.77. The molecule has 2 aliphatic heterocycles. The van der Waals surface area contributed by atoms with Crippen LogP contribution in [0.1, 0.15) is 25.3 Å². The van der Waals surface area contributed by atoms with E-state index in [9.17, 15) is 4.79 Å². The first-order chi connectivity index (χ1) is 17.5. The van der Waals surface area contributed by atoms with Crippen molar-refractivity contribution in [1.29, 1.82) is 10.5 Å². The Morgan fingerprint density at radius 1 is 1.08 bits per heavy atom. The minimum absolute atomic E-state index is 0.0522. The quantitative estimate of drug-likeness (QED) is 0.416. The predicted molar refractivity (Wildman–Crippen MR) is 139 cm³/mol. The van der Waals surface area contributed by atoms with Gasteiger partial charge in [-0.1, -0.05) is 6.08 Å². The molecule has 36 heavy (non-hydrogen) atoms. The second kappa shape index (κ2) is 12.6. The van der Waals surface area contributed by atoms with Crippen LogP contribution >= 0.6 is 0 Å². The molecule has 1 aromatic carbocycles. The van der Waals surface area contributed by atoms with Gasteiger partial charge in [-0.15, -0.1) is 16.8 Å². The molecule has 0 saturated carbocycles. The van der Waals surface area contributed by atoms with Gasteiger partial charge in [-0.2, -0.15) is 10.5 Å². The summed E-state index contributed by atoms with van der Waals surface area (Å²) in [5.41, 5.74) is 6.30. The zero-order valence-corrected chi connectivity index (χ0v) is 20.1. The number of nitrogens with one attached hydrogen (secondary N) is 1. The van der Waals surface area contributed by atoms with Crippen molar-refractivity contribution in [2.24, 2.45) is 5.92 Å². The summed E-state index contributed by atoms with van der Waals surface area (Å²) in [7, 11) is 0. The van der Waals surface area contributed by atoms with E-state index in [1.807, 2.05) is 31.2 Å². The fourth-order valence-electron chi connectivity index (χ4n) is 3.81. The number of carbonyl (C=O) groups is 1. The van der Waals surface area contributed by atoms with Crippen molar-refractivity contribution < 1.29 is 4.79 Å². The Labute approximate surface area is 209 Å². The second-order valence-electron chi connectivity index (χ2n) is 8.14. The zero-order chi connectivity index (χ0) is 25.9. The molecule has 1 amide bonds. The number of hydrogen-bond donors (Lipinski definition) is 2. The molecule has 5 rings (SSSR count). The third-order valence-corrected chi connectivity index (χ3v) is 5.54. The van der Waals surface area contributed by atoms with Gasteiger partial charge in [0.15, 0.2) is 11.6 Å². The lowest BCUT2D eigenvalue weighted by Crippen LogP contribution is -2.46. The molecule has 0 bridgehead atoms. The van der Waals surface area contributed by atoms with E-state index in [4.69, 9.17) is 16.3 Å². The van der Waals surface area contributed by atoms with Gasteiger partial charge in [0.05, 0.1) is 29.9 Å². The number of carbonyl (C=O) groups excluding carboxylic acids is 1. The van der Waals surface area contributed by atoms with Crippen molar-refractivity contribution in [3.63, 3.8) is 0 Å². The second-order valence-corrected chi connectivity index (χ2v) is 8.14. The van der Waals surface area contributed by atoms with Crippen molar-refractivity contribution >= 4 is 40.5 Å². The van der Waals surface area contributed by atoms with Crippen LogP contribution in [0.3, 0.4) is 0 Å². The molecule has 0 atom stereocenters. The number of nitrogen functional groups attached to an aromatic ring is 1. The Morgan fingerprint density at radius 2 is 1.69 bits per heavy atom. The lowest BCUT2D eigenvalue weighted by molar-refractivity contribution is -0.105. The number of fused-ring (bicyclic) bond motifs is 1. The molecule has 2 fully saturated rings. The molecule has 11 nitrogen and oxygen atoms in total. The summed E-state index contributed by atoms with van der Waals surface area (Å²) < 4.78 is 0. The summed E-state index contributed by atoms with van der Waals surface area (Å²) in [5, 5.41) is 30.9. The number of benzene rings is 1. The van der Waals surface area contributed by atoms with E-state index in [1.165, 1.54) is 25.2 Å². The molecule has 2 aromatic heterocycles. The van der Waals surface area contributed by atoms with Crippen LogP contribution in [0.15, 0.2) is 43.2 Å². The molecule has 0 aliphatic carbocycles. The van der Waals surface area contributed by atoms with E-state index >= 15 is 0 Å². The third-order valence-electron chi connectivity index (χ3n) is 5.54. The molecule has 184 valence electrons. The smallest absolute Gasteiger partial charge is 0.219 e. The third kappa shape index (κ3) is 6.21. The van der Waals surface area contributed by atoms with Crippen LogP contribution in [0.25, 0.3) is 10.8 Å². The van der Waals surface area contributed by atoms with E-state index in [0.717, 1.165) is 41.2 Å². The Kier molecular flexibility index (Phi) is 9.06. The summed E-state index contributed by atoms with van der Waals surface area (Å²) in [4.78, 5) is 22.3. The highest BCUT2D eigenvalue weighted by Gasteiger charge is 2.30. The van der Waals surface area contributed by atoms with Crippen LogP contribution in [0.2, 0.25) is 0 Å². The van der Waals surface area contributed by atoms with Crippen LogP contribution in [0.4, 0.5) is 23.3 Å². The highest BCUT2D eigenvalue weighted by molar-refractivity contribution is 6.01. The monoisotopic (exact) mass is 484 g/mol. The van der Waals surface area contributed by atoms with E-state index in [1.54, 1.807) is 6.08 Å². The molecule has 0 radical (unpaired) electrons. The Morgan fingerprint density at radius 3 is 2.25 bits per heavy atom. The fourth-order valence-corrected chi connectivity index (χ4v) is 3.81. The van der Waals surface area contributed by atoms with Crippen molar-refractivity contribution in [3.05, 3.63) is 48.8 Å². The van der Waals surface area contributed by atoms with E-state index in [0.29, 0.717) is 25.1 Å². The van der Waals surface area contributed by atoms with Crippen molar-refractivity contribution in [3.8, 4) is 12.1 Å². The first kappa shape index (κ1) is 25.8. The van der Waals surface area contributed by atoms with Crippen LogP contribution in [0.5, 0.6) is 0 Å². The molecular formula is C25H28N10O. The lowest BCUT2D eigenvalue weighted by Gasteiger charge is -2.36. The van der Waals surface area contributed by atoms with Gasteiger partial charge in [0.1, 0.15) is 6.07 Å². The maximum Gasteiger partial charge on any atom is 0.219 e. The number of rotatable bonds is 4. The summed E-state index contributed by atoms with van der Waals surface area (Å²) in [5.74, 6) is 1.93. The summed E-state index contributed by atoms with van der Waals surface area (Å²) in [6.07, 6.45) is 7.52. The zero-order valence-electron chi connectivity index (χ0n) is 20.1. The molecule has 11 heteroatoms. The van der Waals surface area contributed by atoms with E-state index in [2.05, 4.69) is 47.9 Å². The van der Waals surface area contributed by atoms with Crippen molar-refractivity contribution in [2.45, 2.75) is 19.8 Å². The first-order valence-electron chi connectivity index (χ1n) is 11.5. The summed E-state index contributed by atoms with van der Waals surface area (Å²) in [6, 6.07) is 9.97. The molecule has 3 aromatic rings. The van der Waals surface area contributed by atoms with Crippen molar-refractivity contribution in [2.75, 3.05) is 47.0 Å². The normalized spacial score (nSPS) is 14.2. The van der Waals surface area contributed by atoms with Crippen LogP contribution in [0, 0.1) is 28.6 Å². The predicted octanol–water partition coefficient (Wildman–Crippen LogP) is 2.88. The SMILES string of the molecule is C=CC.N#CC1CN(c2nnc(N3CCCC3)c3ccc(NC=O)cc23)C1.N#Cc1cnc(N)nc1. The maximum atomic E-state index is 10.8. The first-order valence-corrected chi connectivity index (χ1v) is 11.5. The van der Waals surface area contributed by atoms with Crippen LogP contribution in [-0.4, -0.2) is 52.8 Å². The number of hydrogen-bond acceptors (Lipinski definition) is 10. The molecule has 2 aliphatic rings. The average molecular weight is 485 g/mol. The van der Waals surface area contributed by atoms with E-state index < -0.39 is 0 Å². The molecule has 4 heterocycles. The van der Waals surface area contributed by atoms with E-state index in [-0.39, 0.29) is 11.9 Å². The van der Waals surface area contributed by atoms with Crippen molar-refractivity contribution in [1.82, 2.24) is 20.2 Å². The number of aromatic nitrogens is 4. The topological polar surface area (TPSA) is 161 Å². The van der Waals surface area contributed by atoms with Gasteiger partial charge in [-0.3, -0.25) is 4.79 Å². The number of allylic oxidation sites excluding steroid dienone is 1. The van der Waals surface area contributed by atoms with Gasteiger partial charge in [0, 0.05) is 42.6 Å². The number of nitrogens with two attached hydrogens (primary N) is 1. The number of nitriles is 2. The lowest BCUT2D eigenvalue weighted by atomic mass is 10.0. The van der Waals surface area contributed by atoms with Gasteiger partial charge < -0.3 is 20.9 Å².